The van der Waals surface area contributed by atoms with E-state index >= 15 is 0 Å². The van der Waals surface area contributed by atoms with Gasteiger partial charge in [0.05, 0.1) is 22.5 Å². The van der Waals surface area contributed by atoms with Gasteiger partial charge in [-0.15, -0.1) is 0 Å². The second kappa shape index (κ2) is 8.16. The Labute approximate surface area is 143 Å². The summed E-state index contributed by atoms with van der Waals surface area (Å²) >= 11 is 0. The molecule has 0 aliphatic rings. The van der Waals surface area contributed by atoms with E-state index in [0.717, 1.165) is 0 Å². The number of ether oxygens (including phenoxy) is 1. The van der Waals surface area contributed by atoms with Crippen LogP contribution in [0.15, 0.2) is 53.4 Å². The fourth-order valence-electron chi connectivity index (χ4n) is 1.97. The molecule has 2 aromatic rings. The summed E-state index contributed by atoms with van der Waals surface area (Å²) < 4.78 is 27.5. The van der Waals surface area contributed by atoms with Crippen molar-refractivity contribution in [3.8, 4) is 0 Å². The van der Waals surface area contributed by atoms with Crippen molar-refractivity contribution in [2.45, 2.75) is 18.1 Å². The van der Waals surface area contributed by atoms with Crippen molar-refractivity contribution in [3.05, 3.63) is 65.2 Å². The van der Waals surface area contributed by atoms with Crippen molar-refractivity contribution < 1.29 is 33.2 Å². The molecule has 0 amide bonds. The number of rotatable bonds is 7. The van der Waals surface area contributed by atoms with E-state index in [1.807, 2.05) is 0 Å². The van der Waals surface area contributed by atoms with Crippen molar-refractivity contribution in [2.75, 3.05) is 0 Å². The van der Waals surface area contributed by atoms with E-state index in [-0.39, 0.29) is 23.7 Å². The van der Waals surface area contributed by atoms with Crippen molar-refractivity contribution in [2.24, 2.45) is 5.14 Å². The second-order valence-corrected chi connectivity index (χ2v) is 6.51. The smallest absolute Gasteiger partial charge is 0.338 e. The molecular weight excluding hydrogens is 352 g/mol. The molecule has 0 aliphatic carbocycles. The van der Waals surface area contributed by atoms with Gasteiger partial charge in [0.2, 0.25) is 10.0 Å². The summed E-state index contributed by atoms with van der Waals surface area (Å²) in [7, 11) is -3.78. The monoisotopic (exact) mass is 368 g/mol. The molecule has 0 aromatic heterocycles. The number of esters is 1. The highest BCUT2D eigenvalue weighted by molar-refractivity contribution is 7.89. The molecule has 0 aliphatic heterocycles. The Kier molecular flexibility index (Phi) is 6.20. The zero-order chi connectivity index (χ0) is 18.4. The maximum absolute atomic E-state index is 12.2. The molecule has 0 saturated carbocycles. The Hall–Kier alpha value is -2.34. The Morgan fingerprint density at radius 2 is 1.68 bits per heavy atom. The highest BCUT2D eigenvalue weighted by atomic mass is 32.2. The van der Waals surface area contributed by atoms with Crippen molar-refractivity contribution in [1.82, 2.24) is 5.39 Å². The third-order valence-corrected chi connectivity index (χ3v) is 4.12. The minimum Gasteiger partial charge on any atom is -0.457 e. The van der Waals surface area contributed by atoms with Crippen molar-refractivity contribution in [1.29, 1.82) is 0 Å². The van der Waals surface area contributed by atoms with Crippen LogP contribution in [0.4, 0.5) is 0 Å². The van der Waals surface area contributed by atoms with Crippen LogP contribution in [0, 0.1) is 0 Å². The zero-order valence-electron chi connectivity index (χ0n) is 12.9. The maximum Gasteiger partial charge on any atom is 0.338 e. The molecule has 0 unspecified atom stereocenters. The Morgan fingerprint density at radius 3 is 2.28 bits per heavy atom. The van der Waals surface area contributed by atoms with Gasteiger partial charge in [-0.25, -0.2) is 23.2 Å². The minimum atomic E-state index is -3.78. The van der Waals surface area contributed by atoms with Crippen LogP contribution in [-0.2, 0) is 32.8 Å². The fourth-order valence-corrected chi connectivity index (χ4v) is 2.49. The molecule has 9 nitrogen and oxygen atoms in total. The van der Waals surface area contributed by atoms with Crippen LogP contribution in [0.3, 0.4) is 0 Å². The number of carbonyl (C=O) groups excluding carboxylic acids is 1. The molecule has 134 valence electrons. The molecule has 0 saturated heterocycles. The Balaban J connectivity index is 2.03. The highest BCUT2D eigenvalue weighted by Crippen LogP contribution is 2.14. The third kappa shape index (κ3) is 5.60. The number of nitrogens with two attached hydrogens (primary N) is 1. The molecule has 4 N–H and O–H groups in total. The maximum atomic E-state index is 12.2. The average Bonchev–Trinajstić information content (AvgIpc) is 2.57. The first kappa shape index (κ1) is 19.0. The lowest BCUT2D eigenvalue weighted by molar-refractivity contribution is -0.497. The van der Waals surface area contributed by atoms with E-state index in [1.54, 1.807) is 18.2 Å². The molecular formula is C15H16N2O7S. The molecule has 2 rings (SSSR count). The van der Waals surface area contributed by atoms with Gasteiger partial charge in [0, 0.05) is 0 Å². The molecule has 0 atom stereocenters. The largest absolute Gasteiger partial charge is 0.457 e. The van der Waals surface area contributed by atoms with Gasteiger partial charge < -0.3 is 4.74 Å². The van der Waals surface area contributed by atoms with Gasteiger partial charge >= 0.3 is 5.97 Å². The summed E-state index contributed by atoms with van der Waals surface area (Å²) in [5.74, 6) is -0.642. The van der Waals surface area contributed by atoms with E-state index in [2.05, 4.69) is 4.84 Å². The van der Waals surface area contributed by atoms with E-state index in [0.29, 0.717) is 11.1 Å². The molecule has 0 spiro atoms. The first-order valence-corrected chi connectivity index (χ1v) is 8.49. The lowest BCUT2D eigenvalue weighted by atomic mass is 10.1. The number of nitrogens with zero attached hydrogens (tertiary/aromatic N) is 1. The lowest BCUT2D eigenvalue weighted by Crippen LogP contribution is -2.16. The quantitative estimate of drug-likeness (QED) is 0.489. The number of carbonyl (C=O) groups is 1. The van der Waals surface area contributed by atoms with Crippen LogP contribution in [0.1, 0.15) is 21.5 Å². The van der Waals surface area contributed by atoms with Crippen molar-refractivity contribution in [3.63, 3.8) is 0 Å². The predicted molar refractivity (Wildman–Crippen MR) is 83.6 cm³/mol. The summed E-state index contributed by atoms with van der Waals surface area (Å²) in [5.41, 5.74) is 1.17. The summed E-state index contributed by atoms with van der Waals surface area (Å²) in [6.45, 7) is -0.327. The third-order valence-electron chi connectivity index (χ3n) is 3.19. The van der Waals surface area contributed by atoms with Crippen LogP contribution in [0.25, 0.3) is 0 Å². The zero-order valence-corrected chi connectivity index (χ0v) is 13.7. The van der Waals surface area contributed by atoms with Crippen LogP contribution >= 0.6 is 0 Å². The molecule has 10 heteroatoms. The molecule has 0 bridgehead atoms. The summed E-state index contributed by atoms with van der Waals surface area (Å²) in [6, 6.07) is 12.0. The van der Waals surface area contributed by atoms with E-state index < -0.39 is 21.4 Å². The summed E-state index contributed by atoms with van der Waals surface area (Å²) in [5, 5.41) is 21.7. The normalized spacial score (nSPS) is 11.5. The van der Waals surface area contributed by atoms with Crippen LogP contribution in [-0.4, -0.2) is 30.2 Å². The molecule has 0 heterocycles. The summed E-state index contributed by atoms with van der Waals surface area (Å²) in [4.78, 5) is 16.6. The Bertz CT molecular complexity index is 835. The van der Waals surface area contributed by atoms with Crippen LogP contribution < -0.4 is 5.14 Å². The SMILES string of the molecule is NS(=O)(=O)c1ccc(COC(=O)c2ccccc2CON(O)O)cc1. The van der Waals surface area contributed by atoms with Crippen LogP contribution in [0.2, 0.25) is 0 Å². The molecule has 0 radical (unpaired) electrons. The van der Waals surface area contributed by atoms with Gasteiger partial charge in [0.15, 0.2) is 0 Å². The Morgan fingerprint density at radius 1 is 1.04 bits per heavy atom. The van der Waals surface area contributed by atoms with Gasteiger partial charge in [0.25, 0.3) is 0 Å². The average molecular weight is 368 g/mol. The first-order chi connectivity index (χ1) is 11.8. The lowest BCUT2D eigenvalue weighted by Gasteiger charge is -2.11. The topological polar surface area (TPSA) is 139 Å². The highest BCUT2D eigenvalue weighted by Gasteiger charge is 2.14. The van der Waals surface area contributed by atoms with Gasteiger partial charge in [0.1, 0.15) is 6.61 Å². The molecule has 2 aromatic carbocycles. The number of hydrogen-bond acceptors (Lipinski definition) is 8. The second-order valence-electron chi connectivity index (χ2n) is 4.95. The number of primary sulfonamides is 1. The van der Waals surface area contributed by atoms with Crippen LogP contribution in [0.5, 0.6) is 0 Å². The van der Waals surface area contributed by atoms with Crippen molar-refractivity contribution >= 4 is 16.0 Å². The van der Waals surface area contributed by atoms with E-state index in [4.69, 9.17) is 20.3 Å². The van der Waals surface area contributed by atoms with Gasteiger partial charge in [-0.1, -0.05) is 30.3 Å². The molecule has 0 fully saturated rings. The molecule has 25 heavy (non-hydrogen) atoms. The number of benzene rings is 2. The number of sulfonamides is 1. The first-order valence-electron chi connectivity index (χ1n) is 6.95. The number of hydrogen-bond donors (Lipinski definition) is 3. The fraction of sp³-hybridized carbons (Fsp3) is 0.133. The van der Waals surface area contributed by atoms with E-state index in [9.17, 15) is 13.2 Å². The van der Waals surface area contributed by atoms with Gasteiger partial charge in [-0.3, -0.25) is 10.4 Å². The standard InChI is InChI=1S/C15H16N2O7S/c16-25(21,22)13-7-5-11(6-8-13)9-23-15(18)14-4-2-1-3-12(14)10-24-17(19)20/h1-8,19-20H,9-10H2,(H2,16,21,22). The summed E-state index contributed by atoms with van der Waals surface area (Å²) in [6.07, 6.45) is 0. The van der Waals surface area contributed by atoms with E-state index in [1.165, 1.54) is 30.3 Å². The predicted octanol–water partition coefficient (Wildman–Crippen LogP) is 1.20. The minimum absolute atomic E-state index is 0.0392. The van der Waals surface area contributed by atoms with Gasteiger partial charge in [-0.2, -0.15) is 0 Å². The van der Waals surface area contributed by atoms with Gasteiger partial charge in [-0.05, 0) is 29.3 Å².